The molecule has 0 spiro atoms. The van der Waals surface area contributed by atoms with Gasteiger partial charge >= 0.3 is 5.97 Å². The molecule has 0 saturated heterocycles. The molecule has 0 fully saturated rings. The number of aromatic carboxylic acids is 1. The van der Waals surface area contributed by atoms with Gasteiger partial charge in [-0.3, -0.25) is 9.30 Å². The van der Waals surface area contributed by atoms with E-state index in [0.29, 0.717) is 23.7 Å². The van der Waals surface area contributed by atoms with Crippen LogP contribution in [0, 0.1) is 5.82 Å². The van der Waals surface area contributed by atoms with Crippen molar-refractivity contribution < 1.29 is 19.0 Å². The van der Waals surface area contributed by atoms with Gasteiger partial charge in [-0.25, -0.2) is 14.2 Å². The van der Waals surface area contributed by atoms with E-state index in [1.807, 2.05) is 31.3 Å². The van der Waals surface area contributed by atoms with Gasteiger partial charge in [0.2, 0.25) is 0 Å². The molecule has 0 saturated carbocycles. The van der Waals surface area contributed by atoms with Gasteiger partial charge in [0.25, 0.3) is 0 Å². The van der Waals surface area contributed by atoms with Crippen molar-refractivity contribution in [3.05, 3.63) is 95.7 Å². The van der Waals surface area contributed by atoms with Gasteiger partial charge in [-0.2, -0.15) is 0 Å². The van der Waals surface area contributed by atoms with Crippen LogP contribution in [-0.2, 0) is 13.1 Å². The molecule has 2 aromatic heterocycles. The van der Waals surface area contributed by atoms with E-state index < -0.39 is 5.97 Å². The average Bonchev–Trinajstić information content (AvgIpc) is 3.19. The Hall–Kier alpha value is -3.71. The second-order valence-electron chi connectivity index (χ2n) is 7.08. The molecule has 0 unspecified atom stereocenters. The molecule has 0 aliphatic heterocycles. The fourth-order valence-corrected chi connectivity index (χ4v) is 3.29. The molecule has 1 N–H and O–H groups in total. The maximum absolute atomic E-state index is 13.0. The molecule has 4 rings (SSSR count). The molecule has 2 heterocycles. The Morgan fingerprint density at radius 3 is 2.30 bits per heavy atom. The number of pyridine rings is 1. The summed E-state index contributed by atoms with van der Waals surface area (Å²) >= 11 is 0. The topological polar surface area (TPSA) is 67.1 Å². The molecule has 152 valence electrons. The van der Waals surface area contributed by atoms with E-state index in [4.69, 9.17) is 4.74 Å². The van der Waals surface area contributed by atoms with Crippen LogP contribution in [0.3, 0.4) is 0 Å². The monoisotopic (exact) mass is 405 g/mol. The molecule has 7 heteroatoms. The summed E-state index contributed by atoms with van der Waals surface area (Å²) in [6.07, 6.45) is 3.14. The maximum Gasteiger partial charge on any atom is 0.353 e. The molecular formula is C23H20FN3O3. The number of halogens is 1. The first kappa shape index (κ1) is 19.6. The summed E-state index contributed by atoms with van der Waals surface area (Å²) in [5, 5.41) is 9.40. The Kier molecular flexibility index (Phi) is 5.45. The lowest BCUT2D eigenvalue weighted by Crippen LogP contribution is -2.17. The largest absolute Gasteiger partial charge is 0.477 e. The predicted molar refractivity (Wildman–Crippen MR) is 110 cm³/mol. The van der Waals surface area contributed by atoms with E-state index in [2.05, 4.69) is 9.88 Å². The third-order valence-corrected chi connectivity index (χ3v) is 4.68. The van der Waals surface area contributed by atoms with Crippen LogP contribution < -0.4 is 4.74 Å². The SMILES string of the molecule is CN(Cc1ccc(F)cc1)Cc1ccc(Oc2cc(C(=O)O)n3ccnc3c2)cc1. The van der Waals surface area contributed by atoms with Crippen LogP contribution in [0.25, 0.3) is 5.65 Å². The molecule has 30 heavy (non-hydrogen) atoms. The number of carboxylic acids is 1. The van der Waals surface area contributed by atoms with Crippen molar-refractivity contribution in [3.63, 3.8) is 0 Å². The summed E-state index contributed by atoms with van der Waals surface area (Å²) in [4.78, 5) is 17.8. The minimum atomic E-state index is -1.05. The molecule has 4 aromatic rings. The van der Waals surface area contributed by atoms with E-state index in [9.17, 15) is 14.3 Å². The molecule has 0 bridgehead atoms. The van der Waals surface area contributed by atoms with Gasteiger partial charge < -0.3 is 9.84 Å². The molecule has 0 radical (unpaired) electrons. The zero-order valence-electron chi connectivity index (χ0n) is 16.3. The number of fused-ring (bicyclic) bond motifs is 1. The second-order valence-corrected chi connectivity index (χ2v) is 7.08. The van der Waals surface area contributed by atoms with Gasteiger partial charge in [0.15, 0.2) is 0 Å². The van der Waals surface area contributed by atoms with Crippen LogP contribution in [0.2, 0.25) is 0 Å². The number of hydrogen-bond donors (Lipinski definition) is 1. The molecule has 0 atom stereocenters. The van der Waals surface area contributed by atoms with Gasteiger partial charge in [-0.15, -0.1) is 0 Å². The third-order valence-electron chi connectivity index (χ3n) is 4.68. The molecule has 2 aromatic carbocycles. The van der Waals surface area contributed by atoms with Crippen molar-refractivity contribution in [2.75, 3.05) is 7.05 Å². The summed E-state index contributed by atoms with van der Waals surface area (Å²) in [5.74, 6) is -0.276. The first-order valence-electron chi connectivity index (χ1n) is 9.38. The number of carbonyl (C=O) groups is 1. The Morgan fingerprint density at radius 2 is 1.67 bits per heavy atom. The Bertz CT molecular complexity index is 1170. The van der Waals surface area contributed by atoms with Crippen LogP contribution >= 0.6 is 0 Å². The van der Waals surface area contributed by atoms with Crippen LogP contribution in [0.1, 0.15) is 21.6 Å². The summed E-state index contributed by atoms with van der Waals surface area (Å²) in [5.41, 5.74) is 2.73. The standard InChI is InChI=1S/C23H20FN3O3/c1-26(14-16-2-6-18(24)7-3-16)15-17-4-8-19(9-5-17)30-20-12-21(23(28)29)27-11-10-25-22(27)13-20/h2-13H,14-15H2,1H3,(H,28,29). The Balaban J connectivity index is 1.43. The smallest absolute Gasteiger partial charge is 0.353 e. The number of benzene rings is 2. The van der Waals surface area contributed by atoms with Gasteiger partial charge in [-0.05, 0) is 42.4 Å². The van der Waals surface area contributed by atoms with E-state index >= 15 is 0 Å². The Morgan fingerprint density at radius 1 is 1.03 bits per heavy atom. The highest BCUT2D eigenvalue weighted by molar-refractivity contribution is 5.87. The fraction of sp³-hybridized carbons (Fsp3) is 0.130. The predicted octanol–water partition coefficient (Wildman–Crippen LogP) is 4.60. The summed E-state index contributed by atoms with van der Waals surface area (Å²) in [6.45, 7) is 1.43. The fourth-order valence-electron chi connectivity index (χ4n) is 3.29. The van der Waals surface area contributed by atoms with Gasteiger partial charge in [0.05, 0.1) is 0 Å². The lowest BCUT2D eigenvalue weighted by molar-refractivity contribution is 0.0688. The van der Waals surface area contributed by atoms with Crippen LogP contribution in [0.4, 0.5) is 4.39 Å². The van der Waals surface area contributed by atoms with E-state index in [-0.39, 0.29) is 11.5 Å². The summed E-state index contributed by atoms with van der Waals surface area (Å²) < 4.78 is 20.4. The van der Waals surface area contributed by atoms with Crippen molar-refractivity contribution in [1.29, 1.82) is 0 Å². The van der Waals surface area contributed by atoms with Crippen LogP contribution in [0.15, 0.2) is 73.1 Å². The molecule has 0 amide bonds. The van der Waals surface area contributed by atoms with Crippen molar-refractivity contribution in [1.82, 2.24) is 14.3 Å². The number of nitrogens with zero attached hydrogens (tertiary/aromatic N) is 3. The van der Waals surface area contributed by atoms with Crippen molar-refractivity contribution in [2.45, 2.75) is 13.1 Å². The molecular weight excluding hydrogens is 385 g/mol. The van der Waals surface area contributed by atoms with E-state index in [1.54, 1.807) is 30.6 Å². The van der Waals surface area contributed by atoms with Gasteiger partial charge in [-0.1, -0.05) is 24.3 Å². The molecule has 0 aliphatic rings. The number of rotatable bonds is 7. The summed E-state index contributed by atoms with van der Waals surface area (Å²) in [7, 11) is 2.00. The number of hydrogen-bond acceptors (Lipinski definition) is 4. The normalized spacial score (nSPS) is 11.2. The van der Waals surface area contributed by atoms with Crippen molar-refractivity contribution in [3.8, 4) is 11.5 Å². The highest BCUT2D eigenvalue weighted by Gasteiger charge is 2.12. The minimum absolute atomic E-state index is 0.0824. The average molecular weight is 405 g/mol. The quantitative estimate of drug-likeness (QED) is 0.487. The first-order valence-corrected chi connectivity index (χ1v) is 9.38. The molecule has 0 aliphatic carbocycles. The molecule has 6 nitrogen and oxygen atoms in total. The zero-order valence-corrected chi connectivity index (χ0v) is 16.3. The lowest BCUT2D eigenvalue weighted by atomic mass is 10.1. The van der Waals surface area contributed by atoms with Crippen LogP contribution in [-0.4, -0.2) is 32.4 Å². The number of imidazole rings is 1. The first-order chi connectivity index (χ1) is 14.5. The third kappa shape index (κ3) is 4.47. The highest BCUT2D eigenvalue weighted by atomic mass is 19.1. The summed E-state index contributed by atoms with van der Waals surface area (Å²) in [6, 6.07) is 17.3. The Labute approximate surface area is 172 Å². The zero-order chi connectivity index (χ0) is 21.1. The van der Waals surface area contributed by atoms with Gasteiger partial charge in [0.1, 0.15) is 28.7 Å². The van der Waals surface area contributed by atoms with Crippen molar-refractivity contribution >= 4 is 11.6 Å². The number of aromatic nitrogens is 2. The minimum Gasteiger partial charge on any atom is -0.477 e. The van der Waals surface area contributed by atoms with E-state index in [1.165, 1.54) is 22.6 Å². The highest BCUT2D eigenvalue weighted by Crippen LogP contribution is 2.25. The second kappa shape index (κ2) is 8.34. The maximum atomic E-state index is 13.0. The number of ether oxygens (including phenoxy) is 1. The van der Waals surface area contributed by atoms with E-state index in [0.717, 1.165) is 17.7 Å². The van der Waals surface area contributed by atoms with Crippen molar-refractivity contribution in [2.24, 2.45) is 0 Å². The van der Waals surface area contributed by atoms with Gasteiger partial charge in [0, 0.05) is 37.6 Å². The van der Waals surface area contributed by atoms with Crippen LogP contribution in [0.5, 0.6) is 11.5 Å². The lowest BCUT2D eigenvalue weighted by Gasteiger charge is -2.17. The number of carboxylic acid groups (broad SMARTS) is 1.